The van der Waals surface area contributed by atoms with E-state index in [1.807, 2.05) is 0 Å². The molecule has 0 saturated heterocycles. The Kier molecular flexibility index (Phi) is 9.38. The number of benzene rings is 2. The Morgan fingerprint density at radius 2 is 0.606 bits per heavy atom. The second-order valence-corrected chi connectivity index (χ2v) is 5.17. The first-order chi connectivity index (χ1) is 14.7. The second-order valence-electron chi connectivity index (χ2n) is 5.17. The molecule has 0 atom stereocenters. The van der Waals surface area contributed by atoms with Gasteiger partial charge in [0.1, 0.15) is 0 Å². The number of non-ortho nitro benzene ring substituents is 2. The van der Waals surface area contributed by atoms with Crippen LogP contribution < -0.4 is 10.2 Å². The standard InChI is InChI=1S/2C6H3N3O7.Ag/c2*10-6-4(8(13)14)1-3(7(11)12)2-5(6)9(15)16;/h2*1-2,10H;/p-2. The Morgan fingerprint density at radius 3 is 0.727 bits per heavy atom. The zero-order valence-corrected chi connectivity index (χ0v) is 16.5. The zero-order chi connectivity index (χ0) is 24.9. The van der Waals surface area contributed by atoms with Crippen LogP contribution in [-0.2, 0) is 22.4 Å². The molecule has 0 saturated carbocycles. The van der Waals surface area contributed by atoms with Crippen LogP contribution in [0.4, 0.5) is 34.1 Å². The summed E-state index contributed by atoms with van der Waals surface area (Å²) in [6, 6.07) is 1.54. The zero-order valence-electron chi connectivity index (χ0n) is 15.0. The van der Waals surface area contributed by atoms with E-state index in [-0.39, 0.29) is 22.4 Å². The molecule has 0 aromatic heterocycles. The molecular weight excluding hydrogens is 560 g/mol. The molecule has 0 spiro atoms. The first kappa shape index (κ1) is 28.2. The summed E-state index contributed by atoms with van der Waals surface area (Å²) in [7, 11) is 0. The summed E-state index contributed by atoms with van der Waals surface area (Å²) in [4.78, 5) is 55.0. The fourth-order valence-corrected chi connectivity index (χ4v) is 1.92. The van der Waals surface area contributed by atoms with E-state index < -0.39 is 75.2 Å². The molecule has 0 aliphatic heterocycles. The van der Waals surface area contributed by atoms with Gasteiger partial charge in [-0.15, -0.1) is 0 Å². The van der Waals surface area contributed by atoms with E-state index in [0.717, 1.165) is 0 Å². The minimum Gasteiger partial charge on any atom is -0.863 e. The molecule has 2 rings (SSSR count). The maximum absolute atomic E-state index is 11.1. The third-order valence-corrected chi connectivity index (χ3v) is 3.28. The molecule has 1 radical (unpaired) electrons. The molecule has 179 valence electrons. The van der Waals surface area contributed by atoms with Crippen LogP contribution >= 0.6 is 0 Å². The predicted molar refractivity (Wildman–Crippen MR) is 91.7 cm³/mol. The maximum Gasteiger partial charge on any atom is 0.283 e. The number of hydrogen-bond acceptors (Lipinski definition) is 14. The van der Waals surface area contributed by atoms with Crippen molar-refractivity contribution < 1.29 is 62.1 Å². The molecule has 0 heterocycles. The number of hydrogen-bond donors (Lipinski definition) is 0. The van der Waals surface area contributed by atoms with E-state index in [0.29, 0.717) is 24.3 Å². The normalized spacial score (nSPS) is 9.45. The largest absolute Gasteiger partial charge is 0.863 e. The van der Waals surface area contributed by atoms with Crippen molar-refractivity contribution in [1.82, 2.24) is 0 Å². The number of nitro benzene ring substituents is 6. The summed E-state index contributed by atoms with van der Waals surface area (Å²) < 4.78 is 0. The van der Waals surface area contributed by atoms with Crippen LogP contribution in [0.15, 0.2) is 24.3 Å². The van der Waals surface area contributed by atoms with E-state index in [1.165, 1.54) is 0 Å². The summed E-state index contributed by atoms with van der Waals surface area (Å²) in [5.74, 6) is -2.92. The van der Waals surface area contributed by atoms with Crippen molar-refractivity contribution in [2.45, 2.75) is 0 Å². The molecule has 2 aromatic rings. The summed E-state index contributed by atoms with van der Waals surface area (Å²) in [5.41, 5.74) is -6.53. The van der Waals surface area contributed by atoms with Crippen molar-refractivity contribution in [3.63, 3.8) is 0 Å². The Bertz CT molecular complexity index is 1020. The first-order valence-electron chi connectivity index (χ1n) is 7.25. The van der Waals surface area contributed by atoms with E-state index in [9.17, 15) is 70.9 Å². The van der Waals surface area contributed by atoms with Crippen LogP contribution in [0.1, 0.15) is 0 Å². The number of nitrogens with zero attached hydrogens (tertiary/aromatic N) is 6. The molecule has 33 heavy (non-hydrogen) atoms. The summed E-state index contributed by atoms with van der Waals surface area (Å²) >= 11 is 0. The molecule has 0 aliphatic carbocycles. The van der Waals surface area contributed by atoms with Crippen LogP contribution in [0.2, 0.25) is 0 Å². The summed E-state index contributed by atoms with van der Waals surface area (Å²) in [5, 5.41) is 84.2. The van der Waals surface area contributed by atoms with Gasteiger partial charge in [-0.1, -0.05) is 0 Å². The Labute approximate surface area is 193 Å². The number of nitro groups is 6. The molecule has 0 fully saturated rings. The van der Waals surface area contributed by atoms with Crippen molar-refractivity contribution in [2.24, 2.45) is 0 Å². The fourth-order valence-electron chi connectivity index (χ4n) is 1.92. The minimum absolute atomic E-state index is 0. The second kappa shape index (κ2) is 11.0. The van der Waals surface area contributed by atoms with Crippen LogP contribution in [0.25, 0.3) is 0 Å². The van der Waals surface area contributed by atoms with Crippen molar-refractivity contribution in [3.8, 4) is 11.5 Å². The van der Waals surface area contributed by atoms with E-state index >= 15 is 0 Å². The van der Waals surface area contributed by atoms with Gasteiger partial charge in [-0.25, -0.2) is 0 Å². The fraction of sp³-hybridized carbons (Fsp3) is 0. The molecule has 0 amide bonds. The average Bonchev–Trinajstić information content (AvgIpc) is 2.67. The van der Waals surface area contributed by atoms with Crippen molar-refractivity contribution >= 4 is 34.1 Å². The molecule has 21 heteroatoms. The van der Waals surface area contributed by atoms with Gasteiger partial charge in [-0.05, 0) is 0 Å². The molecule has 2 aromatic carbocycles. The van der Waals surface area contributed by atoms with Crippen molar-refractivity contribution in [3.05, 3.63) is 85.0 Å². The molecule has 0 unspecified atom stereocenters. The van der Waals surface area contributed by atoms with Crippen molar-refractivity contribution in [1.29, 1.82) is 0 Å². The van der Waals surface area contributed by atoms with Crippen molar-refractivity contribution in [2.75, 3.05) is 0 Å². The molecule has 0 aliphatic rings. The Balaban J connectivity index is 0.000000602. The van der Waals surface area contributed by atoms with Gasteiger partial charge >= 0.3 is 0 Å². The van der Waals surface area contributed by atoms with Crippen LogP contribution in [0, 0.1) is 60.7 Å². The molecule has 0 N–H and O–H groups in total. The van der Waals surface area contributed by atoms with Crippen LogP contribution in [0.3, 0.4) is 0 Å². The van der Waals surface area contributed by atoms with Gasteiger partial charge in [0.25, 0.3) is 34.1 Å². The van der Waals surface area contributed by atoms with Crippen LogP contribution in [-0.4, -0.2) is 29.5 Å². The van der Waals surface area contributed by atoms with E-state index in [4.69, 9.17) is 0 Å². The topological polar surface area (TPSA) is 305 Å². The van der Waals surface area contributed by atoms with Gasteiger partial charge < -0.3 is 10.2 Å². The third-order valence-electron chi connectivity index (χ3n) is 3.28. The molecular formula is C12H4AgN6O14-2. The Hall–Kier alpha value is -4.82. The van der Waals surface area contributed by atoms with Gasteiger partial charge in [0.15, 0.2) is 0 Å². The Morgan fingerprint density at radius 1 is 0.424 bits per heavy atom. The number of rotatable bonds is 6. The molecule has 0 bridgehead atoms. The summed E-state index contributed by atoms with van der Waals surface area (Å²) in [6.07, 6.45) is 0. The van der Waals surface area contributed by atoms with Crippen LogP contribution in [0.5, 0.6) is 11.5 Å². The minimum atomic E-state index is -1.46. The van der Waals surface area contributed by atoms with Gasteiger partial charge in [0.2, 0.25) is 0 Å². The SMILES string of the molecule is O=[N+]([O-])c1cc([N+](=O)[O-])c([O-])c([N+](=O)[O-])c1.O=[N+]([O-])c1cc([N+](=O)[O-])c([O-])c([N+](=O)[O-])c1.[Ag]. The van der Waals surface area contributed by atoms with Gasteiger partial charge in [-0.2, -0.15) is 0 Å². The van der Waals surface area contributed by atoms with Gasteiger partial charge in [-0.3, -0.25) is 60.7 Å². The quantitative estimate of drug-likeness (QED) is 0.268. The average molecular weight is 564 g/mol. The van der Waals surface area contributed by atoms with Gasteiger partial charge in [0, 0.05) is 22.4 Å². The predicted octanol–water partition coefficient (Wildman–Crippen LogP) is 0.967. The van der Waals surface area contributed by atoms with E-state index in [1.54, 1.807) is 0 Å². The van der Waals surface area contributed by atoms with Gasteiger partial charge in [0.05, 0.1) is 65.3 Å². The third kappa shape index (κ3) is 6.58. The smallest absolute Gasteiger partial charge is 0.283 e. The first-order valence-corrected chi connectivity index (χ1v) is 7.25. The molecule has 20 nitrogen and oxygen atoms in total. The summed E-state index contributed by atoms with van der Waals surface area (Å²) in [6.45, 7) is 0. The van der Waals surface area contributed by atoms with E-state index in [2.05, 4.69) is 0 Å². The maximum atomic E-state index is 11.1. The monoisotopic (exact) mass is 563 g/mol.